The van der Waals surface area contributed by atoms with E-state index in [4.69, 9.17) is 15.8 Å². The maximum absolute atomic E-state index is 13.2. The summed E-state index contributed by atoms with van der Waals surface area (Å²) in [5, 5.41) is 18.0. The van der Waals surface area contributed by atoms with Crippen molar-refractivity contribution in [3.8, 4) is 11.3 Å². The van der Waals surface area contributed by atoms with Gasteiger partial charge in [-0.15, -0.1) is 6.58 Å². The van der Waals surface area contributed by atoms with Crippen molar-refractivity contribution in [2.24, 2.45) is 0 Å². The zero-order chi connectivity index (χ0) is 22.8. The van der Waals surface area contributed by atoms with E-state index in [-0.39, 0.29) is 38.9 Å². The Morgan fingerprint density at radius 1 is 1.29 bits per heavy atom. The predicted molar refractivity (Wildman–Crippen MR) is 114 cm³/mol. The van der Waals surface area contributed by atoms with Gasteiger partial charge in [0.2, 0.25) is 5.78 Å². The van der Waals surface area contributed by atoms with Gasteiger partial charge in [-0.05, 0) is 31.2 Å². The number of H-pyrrole nitrogens is 1. The number of benzene rings is 2. The molecule has 11 heteroatoms. The molecule has 0 fully saturated rings. The van der Waals surface area contributed by atoms with Gasteiger partial charge in [-0.3, -0.25) is 24.2 Å². The molecule has 3 aromatic rings. The van der Waals surface area contributed by atoms with Crippen LogP contribution in [-0.2, 0) is 14.3 Å². The third-order valence-corrected chi connectivity index (χ3v) is 5.88. The number of hydrogen-bond donors (Lipinski definition) is 1. The fourth-order valence-electron chi connectivity index (χ4n) is 2.91. The number of nitrogens with zero attached hydrogens (tertiary/aromatic N) is 2. The Labute approximate surface area is 182 Å². The van der Waals surface area contributed by atoms with E-state index in [1.54, 1.807) is 19.1 Å². The van der Waals surface area contributed by atoms with Crippen LogP contribution in [0.4, 0.5) is 5.69 Å². The van der Waals surface area contributed by atoms with Crippen molar-refractivity contribution in [2.45, 2.75) is 11.8 Å². The van der Waals surface area contributed by atoms with Crippen LogP contribution >= 0.6 is 11.6 Å². The van der Waals surface area contributed by atoms with Gasteiger partial charge in [0.15, 0.2) is 0 Å². The summed E-state index contributed by atoms with van der Waals surface area (Å²) in [6.45, 7) is 4.94. The number of nitro groups is 1. The zero-order valence-corrected chi connectivity index (χ0v) is 17.7. The number of ketones is 1. The summed E-state index contributed by atoms with van der Waals surface area (Å²) < 4.78 is 30.2. The molecule has 0 saturated carbocycles. The van der Waals surface area contributed by atoms with Crippen LogP contribution in [-0.4, -0.2) is 35.9 Å². The van der Waals surface area contributed by atoms with E-state index in [0.29, 0.717) is 5.56 Å². The lowest BCUT2D eigenvalue weighted by Gasteiger charge is -2.11. The second kappa shape index (κ2) is 8.80. The minimum atomic E-state index is -4.19. The highest BCUT2D eigenvalue weighted by molar-refractivity contribution is 7.87. The summed E-state index contributed by atoms with van der Waals surface area (Å²) in [4.78, 5) is 23.6. The van der Waals surface area contributed by atoms with Crippen molar-refractivity contribution in [1.29, 1.82) is 0 Å². The smallest absolute Gasteiger partial charge is 0.288 e. The van der Waals surface area contributed by atoms with Crippen molar-refractivity contribution < 1.29 is 22.3 Å². The Kier molecular flexibility index (Phi) is 6.34. The molecule has 0 bridgehead atoms. The standard InChI is InChI=1S/C20H16ClN3O6S/c1-3-8-30-31(28,29)18-7-4-12(2)9-15(18)19-16(11-22-23-19)20(25)14-6-5-13(21)10-17(14)24(26)27/h3-7,9-11H,1,8H2,2H3,(H,22,23). The maximum atomic E-state index is 13.2. The Hall–Kier alpha value is -3.34. The molecule has 0 aliphatic rings. The summed E-state index contributed by atoms with van der Waals surface area (Å²) in [6, 6.07) is 8.14. The summed E-state index contributed by atoms with van der Waals surface area (Å²) in [6.07, 6.45) is 2.47. The van der Waals surface area contributed by atoms with E-state index >= 15 is 0 Å². The lowest BCUT2D eigenvalue weighted by atomic mass is 9.98. The van der Waals surface area contributed by atoms with Gasteiger partial charge in [0.05, 0.1) is 29.0 Å². The second-order valence-electron chi connectivity index (χ2n) is 6.43. The first-order valence-corrected chi connectivity index (χ1v) is 10.6. The molecule has 0 radical (unpaired) electrons. The van der Waals surface area contributed by atoms with E-state index in [1.165, 1.54) is 30.5 Å². The fourth-order valence-corrected chi connectivity index (χ4v) is 4.15. The van der Waals surface area contributed by atoms with Gasteiger partial charge in [-0.1, -0.05) is 29.3 Å². The molecule has 0 spiro atoms. The number of carbonyl (C=O) groups excluding carboxylic acids is 1. The van der Waals surface area contributed by atoms with Crippen LogP contribution in [0.3, 0.4) is 0 Å². The third-order valence-electron chi connectivity index (χ3n) is 4.30. The molecule has 0 atom stereocenters. The first-order valence-electron chi connectivity index (χ1n) is 8.79. The Bertz CT molecular complexity index is 1300. The normalized spacial score (nSPS) is 11.3. The average Bonchev–Trinajstić information content (AvgIpc) is 3.21. The van der Waals surface area contributed by atoms with Crippen LogP contribution in [0, 0.1) is 17.0 Å². The quantitative estimate of drug-likeness (QED) is 0.176. The summed E-state index contributed by atoms with van der Waals surface area (Å²) in [5.74, 6) is -0.719. The molecule has 1 N–H and O–H groups in total. The van der Waals surface area contributed by atoms with Gasteiger partial charge in [0.1, 0.15) is 10.5 Å². The maximum Gasteiger partial charge on any atom is 0.297 e. The van der Waals surface area contributed by atoms with Gasteiger partial charge in [0.25, 0.3) is 15.8 Å². The van der Waals surface area contributed by atoms with E-state index in [1.807, 2.05) is 0 Å². The number of halogens is 1. The first-order chi connectivity index (χ1) is 14.7. The number of rotatable bonds is 8. The molecule has 9 nitrogen and oxygen atoms in total. The Balaban J connectivity index is 2.18. The van der Waals surface area contributed by atoms with Crippen LogP contribution < -0.4 is 0 Å². The van der Waals surface area contributed by atoms with E-state index in [9.17, 15) is 23.3 Å². The third kappa shape index (κ3) is 4.55. The number of aromatic amines is 1. The predicted octanol–water partition coefficient (Wildman–Crippen LogP) is 4.07. The average molecular weight is 462 g/mol. The van der Waals surface area contributed by atoms with Crippen molar-refractivity contribution in [3.05, 3.63) is 87.1 Å². The van der Waals surface area contributed by atoms with Gasteiger partial charge in [-0.25, -0.2) is 0 Å². The minimum Gasteiger partial charge on any atom is -0.288 e. The molecule has 0 aliphatic heterocycles. The van der Waals surface area contributed by atoms with Crippen molar-refractivity contribution in [2.75, 3.05) is 6.61 Å². The van der Waals surface area contributed by atoms with Crippen LogP contribution in [0.15, 0.2) is 60.1 Å². The van der Waals surface area contributed by atoms with Crippen LogP contribution in [0.1, 0.15) is 21.5 Å². The Morgan fingerprint density at radius 3 is 2.71 bits per heavy atom. The molecule has 2 aromatic carbocycles. The largest absolute Gasteiger partial charge is 0.297 e. The number of hydrogen-bond acceptors (Lipinski definition) is 7. The van der Waals surface area contributed by atoms with Crippen molar-refractivity contribution >= 4 is 33.2 Å². The van der Waals surface area contributed by atoms with Crippen molar-refractivity contribution in [1.82, 2.24) is 10.2 Å². The minimum absolute atomic E-state index is 0.0452. The van der Waals surface area contributed by atoms with E-state index in [2.05, 4.69) is 16.8 Å². The van der Waals surface area contributed by atoms with E-state index in [0.717, 1.165) is 6.07 Å². The van der Waals surface area contributed by atoms with Gasteiger partial charge in [-0.2, -0.15) is 13.5 Å². The topological polar surface area (TPSA) is 132 Å². The summed E-state index contributed by atoms with van der Waals surface area (Å²) >= 11 is 5.83. The molecule has 1 heterocycles. The van der Waals surface area contributed by atoms with Crippen LogP contribution in [0.5, 0.6) is 0 Å². The number of aromatic nitrogens is 2. The first kappa shape index (κ1) is 22.3. The van der Waals surface area contributed by atoms with E-state index < -0.39 is 26.5 Å². The number of aryl methyl sites for hydroxylation is 1. The molecule has 0 aliphatic carbocycles. The van der Waals surface area contributed by atoms with Crippen LogP contribution in [0.25, 0.3) is 11.3 Å². The highest BCUT2D eigenvalue weighted by Gasteiger charge is 2.28. The number of carbonyl (C=O) groups is 1. The Morgan fingerprint density at radius 2 is 2.03 bits per heavy atom. The van der Waals surface area contributed by atoms with Gasteiger partial charge < -0.3 is 0 Å². The summed E-state index contributed by atoms with van der Waals surface area (Å²) in [7, 11) is -4.19. The molecule has 3 rings (SSSR count). The molecular formula is C20H16ClN3O6S. The molecular weight excluding hydrogens is 446 g/mol. The van der Waals surface area contributed by atoms with Gasteiger partial charge >= 0.3 is 0 Å². The molecule has 0 unspecified atom stereocenters. The SMILES string of the molecule is C=CCOS(=O)(=O)c1ccc(C)cc1-c1[nH]ncc1C(=O)c1ccc(Cl)cc1[N+](=O)[O-]. The molecule has 31 heavy (non-hydrogen) atoms. The molecule has 160 valence electrons. The molecule has 0 saturated heterocycles. The monoisotopic (exact) mass is 461 g/mol. The second-order valence-corrected chi connectivity index (χ2v) is 8.45. The fraction of sp³-hybridized carbons (Fsp3) is 0.100. The van der Waals surface area contributed by atoms with Gasteiger partial charge in [0, 0.05) is 16.7 Å². The molecule has 1 aromatic heterocycles. The zero-order valence-electron chi connectivity index (χ0n) is 16.2. The lowest BCUT2D eigenvalue weighted by Crippen LogP contribution is -2.10. The number of nitrogens with one attached hydrogen (secondary N) is 1. The van der Waals surface area contributed by atoms with Crippen molar-refractivity contribution in [3.63, 3.8) is 0 Å². The van der Waals surface area contributed by atoms with Crippen LogP contribution in [0.2, 0.25) is 5.02 Å². The lowest BCUT2D eigenvalue weighted by molar-refractivity contribution is -0.385. The molecule has 0 amide bonds. The summed E-state index contributed by atoms with van der Waals surface area (Å²) in [5.41, 5.74) is 0.202. The number of nitro benzene ring substituents is 1. The highest BCUT2D eigenvalue weighted by atomic mass is 35.5. The highest BCUT2D eigenvalue weighted by Crippen LogP contribution is 2.33.